The Bertz CT molecular complexity index is 516. The number of hydrazine groups is 1. The number of hydrogen-bond acceptors (Lipinski definition) is 5. The number of carbonyl (C=O) groups excluding carboxylic acids is 1. The smallest absolute Gasteiger partial charge is 0.240 e. The van der Waals surface area contributed by atoms with Crippen molar-refractivity contribution in [3.63, 3.8) is 0 Å². The zero-order chi connectivity index (χ0) is 18.3. The van der Waals surface area contributed by atoms with E-state index in [4.69, 9.17) is 5.11 Å². The molecule has 4 aliphatic rings. The van der Waals surface area contributed by atoms with Gasteiger partial charge in [0.2, 0.25) is 5.91 Å². The maximum absolute atomic E-state index is 13.0. The molecule has 2 saturated heterocycles. The van der Waals surface area contributed by atoms with E-state index in [0.29, 0.717) is 24.9 Å². The molecule has 1 amide bonds. The van der Waals surface area contributed by atoms with E-state index in [1.807, 2.05) is 7.05 Å². The van der Waals surface area contributed by atoms with Crippen molar-refractivity contribution in [1.82, 2.24) is 20.7 Å². The van der Waals surface area contributed by atoms with E-state index >= 15 is 0 Å². The fourth-order valence-electron chi connectivity index (χ4n) is 6.70. The highest BCUT2D eigenvalue weighted by Gasteiger charge is 2.54. The first-order chi connectivity index (χ1) is 12.6. The SMILES string of the molecule is CN(NCCCO)C(=O)[C@@H]1CC2C3CCCC4NCC(C[C@H]2N(C)C1)C43. The Labute approximate surface area is 157 Å². The van der Waals surface area contributed by atoms with Crippen molar-refractivity contribution in [3.05, 3.63) is 0 Å². The lowest BCUT2D eigenvalue weighted by Crippen LogP contribution is -2.59. The maximum atomic E-state index is 13.0. The van der Waals surface area contributed by atoms with Crippen LogP contribution in [0.4, 0.5) is 0 Å². The fraction of sp³-hybridized carbons (Fsp3) is 0.950. The van der Waals surface area contributed by atoms with Crippen LogP contribution in [0.1, 0.15) is 38.5 Å². The van der Waals surface area contributed by atoms with Gasteiger partial charge in [-0.3, -0.25) is 9.80 Å². The Morgan fingerprint density at radius 3 is 2.96 bits per heavy atom. The summed E-state index contributed by atoms with van der Waals surface area (Å²) in [6.45, 7) is 2.90. The summed E-state index contributed by atoms with van der Waals surface area (Å²) in [6.07, 6.45) is 7.11. The highest BCUT2D eigenvalue weighted by Crippen LogP contribution is 2.53. The van der Waals surface area contributed by atoms with Gasteiger partial charge in [0.1, 0.15) is 0 Å². The average Bonchev–Trinajstić information content (AvgIpc) is 3.06. The molecule has 6 nitrogen and oxygen atoms in total. The van der Waals surface area contributed by atoms with Gasteiger partial charge in [-0.05, 0) is 69.4 Å². The van der Waals surface area contributed by atoms with Gasteiger partial charge in [0.25, 0.3) is 0 Å². The summed E-state index contributed by atoms with van der Waals surface area (Å²) >= 11 is 0. The van der Waals surface area contributed by atoms with Crippen molar-refractivity contribution in [2.75, 3.05) is 40.3 Å². The van der Waals surface area contributed by atoms with Crippen molar-refractivity contribution in [3.8, 4) is 0 Å². The predicted molar refractivity (Wildman–Crippen MR) is 101 cm³/mol. The third-order valence-electron chi connectivity index (χ3n) is 7.78. The molecule has 0 aromatic rings. The van der Waals surface area contributed by atoms with Gasteiger partial charge in [0.15, 0.2) is 0 Å². The molecular formula is C20H36N4O2. The molecule has 4 rings (SSSR count). The average molecular weight is 365 g/mol. The molecule has 0 radical (unpaired) electrons. The van der Waals surface area contributed by atoms with Crippen LogP contribution in [-0.4, -0.2) is 73.3 Å². The van der Waals surface area contributed by atoms with Crippen molar-refractivity contribution in [2.24, 2.45) is 29.6 Å². The van der Waals surface area contributed by atoms with Crippen LogP contribution in [0.15, 0.2) is 0 Å². The second-order valence-electron chi connectivity index (χ2n) is 9.17. The quantitative estimate of drug-likeness (QED) is 0.494. The number of nitrogens with zero attached hydrogens (tertiary/aromatic N) is 2. The van der Waals surface area contributed by atoms with Gasteiger partial charge >= 0.3 is 0 Å². The zero-order valence-corrected chi connectivity index (χ0v) is 16.4. The van der Waals surface area contributed by atoms with Crippen molar-refractivity contribution in [2.45, 2.75) is 50.6 Å². The van der Waals surface area contributed by atoms with Gasteiger partial charge in [0.05, 0.1) is 5.92 Å². The molecule has 5 unspecified atom stereocenters. The van der Waals surface area contributed by atoms with Gasteiger partial charge < -0.3 is 15.3 Å². The lowest BCUT2D eigenvalue weighted by atomic mass is 9.56. The summed E-state index contributed by atoms with van der Waals surface area (Å²) in [5, 5.41) is 14.4. The number of hydrogen-bond donors (Lipinski definition) is 3. The topological polar surface area (TPSA) is 67.8 Å². The molecule has 2 saturated carbocycles. The largest absolute Gasteiger partial charge is 0.396 e. The minimum Gasteiger partial charge on any atom is -0.396 e. The van der Waals surface area contributed by atoms with E-state index < -0.39 is 0 Å². The van der Waals surface area contributed by atoms with Gasteiger partial charge in [0, 0.05) is 38.8 Å². The summed E-state index contributed by atoms with van der Waals surface area (Å²) in [5.74, 6) is 3.50. The van der Waals surface area contributed by atoms with Gasteiger partial charge in [-0.15, -0.1) is 0 Å². The Morgan fingerprint density at radius 2 is 2.15 bits per heavy atom. The molecule has 7 atom stereocenters. The third kappa shape index (κ3) is 3.30. The van der Waals surface area contributed by atoms with Crippen LogP contribution in [0.25, 0.3) is 0 Å². The summed E-state index contributed by atoms with van der Waals surface area (Å²) in [6, 6.07) is 1.40. The van der Waals surface area contributed by atoms with Crippen LogP contribution in [0.2, 0.25) is 0 Å². The van der Waals surface area contributed by atoms with Crippen LogP contribution in [-0.2, 0) is 4.79 Å². The number of carbonyl (C=O) groups is 1. The molecule has 2 heterocycles. The molecule has 0 aromatic carbocycles. The second kappa shape index (κ2) is 7.74. The third-order valence-corrected chi connectivity index (χ3v) is 7.78. The molecule has 6 heteroatoms. The Hall–Kier alpha value is -0.690. The van der Waals surface area contributed by atoms with Crippen molar-refractivity contribution < 1.29 is 9.90 Å². The fourth-order valence-corrected chi connectivity index (χ4v) is 6.70. The van der Waals surface area contributed by atoms with E-state index in [9.17, 15) is 4.79 Å². The minimum atomic E-state index is 0.0964. The monoisotopic (exact) mass is 364 g/mol. The number of likely N-dealkylation sites (tertiary alicyclic amines) is 1. The Kier molecular flexibility index (Phi) is 5.56. The van der Waals surface area contributed by atoms with Crippen molar-refractivity contribution >= 4 is 5.91 Å². The number of nitrogens with one attached hydrogen (secondary N) is 2. The first-order valence-corrected chi connectivity index (χ1v) is 10.7. The molecule has 26 heavy (non-hydrogen) atoms. The molecule has 0 aromatic heterocycles. The van der Waals surface area contributed by atoms with Crippen LogP contribution in [0, 0.1) is 29.6 Å². The zero-order valence-electron chi connectivity index (χ0n) is 16.4. The van der Waals surface area contributed by atoms with Crippen LogP contribution in [0.5, 0.6) is 0 Å². The number of fused-ring (bicyclic) bond motifs is 2. The number of piperidine rings is 1. The minimum absolute atomic E-state index is 0.0964. The predicted octanol–water partition coefficient (Wildman–Crippen LogP) is 0.676. The molecule has 0 spiro atoms. The number of aliphatic hydroxyl groups excluding tert-OH is 1. The van der Waals surface area contributed by atoms with E-state index in [1.165, 1.54) is 32.2 Å². The van der Waals surface area contributed by atoms with E-state index in [2.05, 4.69) is 22.7 Å². The first-order valence-electron chi connectivity index (χ1n) is 10.7. The lowest BCUT2D eigenvalue weighted by Gasteiger charge is -2.55. The standard InChI is InChI=1S/C20H36N4O2/c1-23-12-14(20(26)24(2)22-7-4-8-25)9-16-15-5-3-6-17-19(15)13(11-21-17)10-18(16)23/h13-19,21-22,25H,3-12H2,1-2H3/t13?,14-,15?,16?,17?,18-,19?/m1/s1. The molecule has 2 aliphatic carbocycles. The normalized spacial score (nSPS) is 42.2. The highest BCUT2D eigenvalue weighted by atomic mass is 16.3. The molecule has 2 aliphatic heterocycles. The molecule has 148 valence electrons. The summed E-state index contributed by atoms with van der Waals surface area (Å²) in [5.41, 5.74) is 3.14. The van der Waals surface area contributed by atoms with E-state index in [1.54, 1.807) is 5.01 Å². The second-order valence-corrected chi connectivity index (χ2v) is 9.17. The van der Waals surface area contributed by atoms with Crippen LogP contribution < -0.4 is 10.7 Å². The van der Waals surface area contributed by atoms with Crippen molar-refractivity contribution in [1.29, 1.82) is 0 Å². The number of rotatable bonds is 5. The first kappa shape index (κ1) is 18.7. The number of amides is 1. The van der Waals surface area contributed by atoms with Gasteiger partial charge in [-0.1, -0.05) is 6.42 Å². The lowest BCUT2D eigenvalue weighted by molar-refractivity contribution is -0.143. The summed E-state index contributed by atoms with van der Waals surface area (Å²) < 4.78 is 0. The van der Waals surface area contributed by atoms with Gasteiger partial charge in [-0.2, -0.15) is 0 Å². The Balaban J connectivity index is 1.45. The molecule has 4 fully saturated rings. The summed E-state index contributed by atoms with van der Waals surface area (Å²) in [4.78, 5) is 15.5. The van der Waals surface area contributed by atoms with E-state index in [0.717, 1.165) is 36.8 Å². The molecular weight excluding hydrogens is 328 g/mol. The molecule has 0 bridgehead atoms. The maximum Gasteiger partial charge on any atom is 0.240 e. The van der Waals surface area contributed by atoms with E-state index in [-0.39, 0.29) is 18.4 Å². The highest BCUT2D eigenvalue weighted by molar-refractivity contribution is 5.78. The molecule has 3 N–H and O–H groups in total. The van der Waals surface area contributed by atoms with Gasteiger partial charge in [-0.25, -0.2) is 5.43 Å². The Morgan fingerprint density at radius 1 is 1.31 bits per heavy atom. The number of aliphatic hydroxyl groups is 1. The van der Waals surface area contributed by atoms with Crippen LogP contribution >= 0.6 is 0 Å². The van der Waals surface area contributed by atoms with Crippen LogP contribution in [0.3, 0.4) is 0 Å². The summed E-state index contributed by atoms with van der Waals surface area (Å²) in [7, 11) is 4.07.